The van der Waals surface area contributed by atoms with Gasteiger partial charge >= 0.3 is 0 Å². The van der Waals surface area contributed by atoms with E-state index in [1.54, 1.807) is 19.2 Å². The average molecular weight is 352 g/mol. The molecule has 0 bridgehead atoms. The fraction of sp³-hybridized carbons (Fsp3) is 0.611. The molecule has 140 valence electrons. The third-order valence-electron chi connectivity index (χ3n) is 4.44. The lowest BCUT2D eigenvalue weighted by Gasteiger charge is -2.35. The van der Waals surface area contributed by atoms with Gasteiger partial charge in [-0.3, -0.25) is 4.79 Å². The van der Waals surface area contributed by atoms with Gasteiger partial charge in [0.2, 0.25) is 0 Å². The highest BCUT2D eigenvalue weighted by atomic mass is 19.1. The predicted octanol–water partition coefficient (Wildman–Crippen LogP) is 0.933. The van der Waals surface area contributed by atoms with Crippen molar-refractivity contribution < 1.29 is 13.9 Å². The Kier molecular flexibility index (Phi) is 8.11. The first-order valence-electron chi connectivity index (χ1n) is 8.90. The number of benzene rings is 1. The molecule has 0 aliphatic carbocycles. The lowest BCUT2D eigenvalue weighted by Crippen LogP contribution is -2.46. The van der Waals surface area contributed by atoms with Crippen molar-refractivity contribution in [3.63, 3.8) is 0 Å². The number of halogens is 1. The summed E-state index contributed by atoms with van der Waals surface area (Å²) in [6, 6.07) is 4.73. The fourth-order valence-electron chi connectivity index (χ4n) is 2.88. The number of hydrogen-bond donors (Lipinski definition) is 2. The number of rotatable bonds is 9. The van der Waals surface area contributed by atoms with Crippen LogP contribution in [0.1, 0.15) is 17.3 Å². The third kappa shape index (κ3) is 5.95. The topological polar surface area (TPSA) is 56.8 Å². The van der Waals surface area contributed by atoms with Crippen LogP contribution in [-0.2, 0) is 4.74 Å². The molecular weight excluding hydrogens is 323 g/mol. The van der Waals surface area contributed by atoms with Gasteiger partial charge in [0, 0.05) is 58.5 Å². The SMILES string of the molecule is CCN1CCN(c2ccc(C(=O)NCCNCCOC)cc2F)CC1. The van der Waals surface area contributed by atoms with Crippen LogP contribution in [0.5, 0.6) is 0 Å². The van der Waals surface area contributed by atoms with Crippen molar-refractivity contribution in [2.45, 2.75) is 6.92 Å². The summed E-state index contributed by atoms with van der Waals surface area (Å²) in [6.07, 6.45) is 0. The molecule has 1 amide bonds. The van der Waals surface area contributed by atoms with E-state index >= 15 is 0 Å². The zero-order valence-electron chi connectivity index (χ0n) is 15.2. The van der Waals surface area contributed by atoms with Crippen LogP contribution in [0.25, 0.3) is 0 Å². The van der Waals surface area contributed by atoms with Crippen LogP contribution in [0.2, 0.25) is 0 Å². The molecule has 25 heavy (non-hydrogen) atoms. The van der Waals surface area contributed by atoms with Crippen molar-refractivity contribution in [2.75, 3.05) is 71.0 Å². The summed E-state index contributed by atoms with van der Waals surface area (Å²) in [5.41, 5.74) is 0.930. The number of piperazine rings is 1. The van der Waals surface area contributed by atoms with E-state index in [9.17, 15) is 9.18 Å². The molecular formula is C18H29FN4O2. The lowest BCUT2D eigenvalue weighted by molar-refractivity contribution is 0.0953. The summed E-state index contributed by atoms with van der Waals surface area (Å²) in [5.74, 6) is -0.592. The van der Waals surface area contributed by atoms with Gasteiger partial charge in [0.05, 0.1) is 12.3 Å². The van der Waals surface area contributed by atoms with Crippen molar-refractivity contribution in [1.29, 1.82) is 0 Å². The van der Waals surface area contributed by atoms with E-state index in [0.717, 1.165) is 39.3 Å². The van der Waals surface area contributed by atoms with Crippen LogP contribution in [0, 0.1) is 5.82 Å². The van der Waals surface area contributed by atoms with Crippen LogP contribution in [0.3, 0.4) is 0 Å². The Morgan fingerprint density at radius 1 is 1.20 bits per heavy atom. The molecule has 2 N–H and O–H groups in total. The van der Waals surface area contributed by atoms with E-state index in [1.807, 2.05) is 4.90 Å². The van der Waals surface area contributed by atoms with Crippen LogP contribution < -0.4 is 15.5 Å². The lowest BCUT2D eigenvalue weighted by atomic mass is 10.1. The molecule has 0 unspecified atom stereocenters. The van der Waals surface area contributed by atoms with Gasteiger partial charge < -0.3 is 25.2 Å². The molecule has 1 heterocycles. The maximum absolute atomic E-state index is 14.4. The average Bonchev–Trinajstić information content (AvgIpc) is 2.64. The molecule has 0 aromatic heterocycles. The molecule has 0 saturated carbocycles. The molecule has 1 fully saturated rings. The Labute approximate surface area is 149 Å². The van der Waals surface area contributed by atoms with E-state index in [0.29, 0.717) is 30.9 Å². The normalized spacial score (nSPS) is 15.4. The van der Waals surface area contributed by atoms with Gasteiger partial charge in [-0.2, -0.15) is 0 Å². The summed E-state index contributed by atoms with van der Waals surface area (Å²) in [5, 5.41) is 5.93. The van der Waals surface area contributed by atoms with Crippen molar-refractivity contribution in [3.05, 3.63) is 29.6 Å². The van der Waals surface area contributed by atoms with Crippen LogP contribution >= 0.6 is 0 Å². The minimum atomic E-state index is -0.337. The Balaban J connectivity index is 1.83. The standard InChI is InChI=1S/C18H29FN4O2/c1-3-22-9-11-23(12-10-22)17-5-4-15(14-16(17)19)18(24)21-7-6-20-8-13-25-2/h4-5,14,20H,3,6-13H2,1-2H3,(H,21,24). The number of nitrogens with zero attached hydrogens (tertiary/aromatic N) is 2. The highest BCUT2D eigenvalue weighted by molar-refractivity contribution is 5.94. The first-order valence-corrected chi connectivity index (χ1v) is 8.90. The Morgan fingerprint density at radius 3 is 2.60 bits per heavy atom. The molecule has 1 aromatic rings. The number of carbonyl (C=O) groups excluding carboxylic acids is 1. The molecule has 1 aliphatic rings. The number of hydrogen-bond acceptors (Lipinski definition) is 5. The number of nitrogens with one attached hydrogen (secondary N) is 2. The minimum Gasteiger partial charge on any atom is -0.383 e. The number of methoxy groups -OCH3 is 1. The molecule has 1 aliphatic heterocycles. The second kappa shape index (κ2) is 10.3. The zero-order chi connectivity index (χ0) is 18.1. The molecule has 6 nitrogen and oxygen atoms in total. The zero-order valence-corrected chi connectivity index (χ0v) is 15.2. The van der Waals surface area contributed by atoms with Gasteiger partial charge in [0.15, 0.2) is 0 Å². The number of ether oxygens (including phenoxy) is 1. The monoisotopic (exact) mass is 352 g/mol. The molecule has 1 aromatic carbocycles. The van der Waals surface area contributed by atoms with Crippen LogP contribution in [-0.4, -0.2) is 76.9 Å². The van der Waals surface area contributed by atoms with E-state index < -0.39 is 0 Å². The summed E-state index contributed by atoms with van der Waals surface area (Å²) in [4.78, 5) is 16.5. The van der Waals surface area contributed by atoms with Gasteiger partial charge in [0.25, 0.3) is 5.91 Å². The highest BCUT2D eigenvalue weighted by Crippen LogP contribution is 2.22. The molecule has 0 spiro atoms. The van der Waals surface area contributed by atoms with E-state index in [1.165, 1.54) is 6.07 Å². The van der Waals surface area contributed by atoms with Crippen LogP contribution in [0.15, 0.2) is 18.2 Å². The van der Waals surface area contributed by atoms with Gasteiger partial charge in [-0.15, -0.1) is 0 Å². The smallest absolute Gasteiger partial charge is 0.251 e. The summed E-state index contributed by atoms with van der Waals surface area (Å²) >= 11 is 0. The molecule has 2 rings (SSSR count). The Morgan fingerprint density at radius 2 is 1.96 bits per heavy atom. The van der Waals surface area contributed by atoms with Crippen molar-refractivity contribution in [1.82, 2.24) is 15.5 Å². The first kappa shape index (κ1) is 19.6. The maximum atomic E-state index is 14.4. The minimum absolute atomic E-state index is 0.255. The molecule has 1 saturated heterocycles. The molecule has 0 atom stereocenters. The summed E-state index contributed by atoms with van der Waals surface area (Å²) in [7, 11) is 1.64. The number of carbonyl (C=O) groups is 1. The van der Waals surface area contributed by atoms with Gasteiger partial charge in [-0.05, 0) is 24.7 Å². The predicted molar refractivity (Wildman–Crippen MR) is 97.8 cm³/mol. The second-order valence-corrected chi connectivity index (χ2v) is 6.09. The van der Waals surface area contributed by atoms with E-state index in [2.05, 4.69) is 22.5 Å². The van der Waals surface area contributed by atoms with E-state index in [4.69, 9.17) is 4.74 Å². The Bertz CT molecular complexity index is 548. The number of amides is 1. The number of anilines is 1. The first-order chi connectivity index (χ1) is 12.2. The second-order valence-electron chi connectivity index (χ2n) is 6.09. The molecule has 7 heteroatoms. The fourth-order valence-corrected chi connectivity index (χ4v) is 2.88. The quantitative estimate of drug-likeness (QED) is 0.648. The van der Waals surface area contributed by atoms with Crippen LogP contribution in [0.4, 0.5) is 10.1 Å². The van der Waals surface area contributed by atoms with Gasteiger partial charge in [-0.25, -0.2) is 4.39 Å². The highest BCUT2D eigenvalue weighted by Gasteiger charge is 2.19. The van der Waals surface area contributed by atoms with E-state index in [-0.39, 0.29) is 11.7 Å². The van der Waals surface area contributed by atoms with Gasteiger partial charge in [0.1, 0.15) is 5.82 Å². The van der Waals surface area contributed by atoms with Crippen molar-refractivity contribution >= 4 is 11.6 Å². The summed E-state index contributed by atoms with van der Waals surface area (Å²) < 4.78 is 19.4. The van der Waals surface area contributed by atoms with Crippen molar-refractivity contribution in [2.24, 2.45) is 0 Å². The maximum Gasteiger partial charge on any atom is 0.251 e. The van der Waals surface area contributed by atoms with Gasteiger partial charge in [-0.1, -0.05) is 6.92 Å². The molecule has 0 radical (unpaired) electrons. The number of likely N-dealkylation sites (N-methyl/N-ethyl adjacent to an activating group) is 1. The Hall–Kier alpha value is -1.70. The largest absolute Gasteiger partial charge is 0.383 e. The third-order valence-corrected chi connectivity index (χ3v) is 4.44. The van der Waals surface area contributed by atoms with Crippen molar-refractivity contribution in [3.8, 4) is 0 Å². The summed E-state index contributed by atoms with van der Waals surface area (Å²) in [6.45, 7) is 9.16.